The normalized spacial score (nSPS) is 14.3. The Balaban J connectivity index is 1.44. The maximum Gasteiger partial charge on any atom is 0.416 e. The summed E-state index contributed by atoms with van der Waals surface area (Å²) in [6, 6.07) is 10.9. The van der Waals surface area contributed by atoms with E-state index in [2.05, 4.69) is 30.9 Å². The van der Waals surface area contributed by atoms with Crippen LogP contribution in [0.25, 0.3) is 22.5 Å². The molecule has 0 aliphatic heterocycles. The molecule has 1 amide bonds. The van der Waals surface area contributed by atoms with E-state index in [0.29, 0.717) is 48.2 Å². The second kappa shape index (κ2) is 9.26. The molecule has 0 radical (unpaired) electrons. The number of nitrogens with one attached hydrogen (secondary N) is 2. The molecule has 1 fully saturated rings. The van der Waals surface area contributed by atoms with Gasteiger partial charge in [0.1, 0.15) is 5.82 Å². The number of tetrazole rings is 1. The Morgan fingerprint density at radius 3 is 2.51 bits per heavy atom. The lowest BCUT2D eigenvalue weighted by molar-refractivity contribution is -0.137. The number of carbonyl (C=O) groups excluding carboxylic acids is 1. The van der Waals surface area contributed by atoms with Gasteiger partial charge in [-0.1, -0.05) is 12.1 Å². The van der Waals surface area contributed by atoms with Gasteiger partial charge in [-0.3, -0.25) is 4.79 Å². The van der Waals surface area contributed by atoms with Crippen molar-refractivity contribution >= 4 is 11.6 Å². The Hall–Kier alpha value is -4.35. The number of carbonyl (C=O) groups is 1. The largest absolute Gasteiger partial charge is 0.478 e. The summed E-state index contributed by atoms with van der Waals surface area (Å²) in [5, 5.41) is 16.9. The zero-order valence-electron chi connectivity index (χ0n) is 19.4. The lowest BCUT2D eigenvalue weighted by Gasteiger charge is -2.18. The van der Waals surface area contributed by atoms with E-state index in [1.54, 1.807) is 30.5 Å². The van der Waals surface area contributed by atoms with E-state index in [9.17, 15) is 22.4 Å². The molecule has 0 unspecified atom stereocenters. The number of pyridine rings is 1. The molecular formula is C25H20F4N6O2. The van der Waals surface area contributed by atoms with E-state index in [1.165, 1.54) is 0 Å². The van der Waals surface area contributed by atoms with Gasteiger partial charge in [-0.05, 0) is 60.9 Å². The second-order valence-corrected chi connectivity index (χ2v) is 8.54. The first-order valence-electron chi connectivity index (χ1n) is 11.4. The fourth-order valence-electron chi connectivity index (χ4n) is 4.18. The lowest BCUT2D eigenvalue weighted by Crippen LogP contribution is -2.29. The number of aromatic nitrogens is 5. The van der Waals surface area contributed by atoms with Crippen molar-refractivity contribution in [2.45, 2.75) is 31.4 Å². The van der Waals surface area contributed by atoms with Crippen LogP contribution >= 0.6 is 0 Å². The highest BCUT2D eigenvalue weighted by Crippen LogP contribution is 2.50. The molecular weight excluding hydrogens is 492 g/mol. The van der Waals surface area contributed by atoms with Gasteiger partial charge in [-0.2, -0.15) is 18.4 Å². The lowest BCUT2D eigenvalue weighted by atomic mass is 9.93. The summed E-state index contributed by atoms with van der Waals surface area (Å²) >= 11 is 0. The molecule has 0 bridgehead atoms. The number of anilines is 1. The molecule has 8 nitrogen and oxygen atoms in total. The van der Waals surface area contributed by atoms with E-state index in [4.69, 9.17) is 4.74 Å². The van der Waals surface area contributed by atoms with E-state index in [0.717, 1.165) is 17.7 Å². The van der Waals surface area contributed by atoms with E-state index in [1.807, 2.05) is 13.0 Å². The van der Waals surface area contributed by atoms with Crippen LogP contribution in [0.3, 0.4) is 0 Å². The average Bonchev–Trinajstić information content (AvgIpc) is 3.49. The SMILES string of the molecule is CCOc1ccc(-c2ccc(NC(=O)C3(c4ccc(C(F)(F)F)cc4F)CC3)cc2-c2nn[nH]n2)cn1. The third kappa shape index (κ3) is 4.74. The van der Waals surface area contributed by atoms with Gasteiger partial charge in [0.15, 0.2) is 0 Å². The molecule has 5 rings (SSSR count). The predicted octanol–water partition coefficient (Wildman–Crippen LogP) is 5.16. The number of hydrogen-bond acceptors (Lipinski definition) is 6. The molecule has 0 spiro atoms. The first-order chi connectivity index (χ1) is 17.7. The van der Waals surface area contributed by atoms with Crippen LogP contribution in [0, 0.1) is 5.82 Å². The van der Waals surface area contributed by atoms with Gasteiger partial charge in [0.2, 0.25) is 17.6 Å². The number of ether oxygens (including phenoxy) is 1. The van der Waals surface area contributed by atoms with Gasteiger partial charge < -0.3 is 10.1 Å². The van der Waals surface area contributed by atoms with E-state index >= 15 is 0 Å². The summed E-state index contributed by atoms with van der Waals surface area (Å²) < 4.78 is 58.9. The summed E-state index contributed by atoms with van der Waals surface area (Å²) in [6.45, 7) is 2.33. The molecule has 4 aromatic rings. The van der Waals surface area contributed by atoms with Crippen molar-refractivity contribution in [2.75, 3.05) is 11.9 Å². The maximum atomic E-state index is 14.7. The van der Waals surface area contributed by atoms with Crippen molar-refractivity contribution in [1.29, 1.82) is 0 Å². The fraction of sp³-hybridized carbons (Fsp3) is 0.240. The first-order valence-corrected chi connectivity index (χ1v) is 11.4. The molecule has 1 aliphatic rings. The molecule has 2 heterocycles. The quantitative estimate of drug-likeness (QED) is 0.332. The molecule has 12 heteroatoms. The smallest absolute Gasteiger partial charge is 0.416 e. The molecule has 37 heavy (non-hydrogen) atoms. The van der Waals surface area contributed by atoms with Crippen molar-refractivity contribution in [3.8, 4) is 28.4 Å². The van der Waals surface area contributed by atoms with Gasteiger partial charge >= 0.3 is 6.18 Å². The van der Waals surface area contributed by atoms with Crippen LogP contribution in [0.2, 0.25) is 0 Å². The second-order valence-electron chi connectivity index (χ2n) is 8.54. The molecule has 0 atom stereocenters. The van der Waals surface area contributed by atoms with Gasteiger partial charge in [-0.25, -0.2) is 9.37 Å². The molecule has 2 aromatic heterocycles. The summed E-state index contributed by atoms with van der Waals surface area (Å²) in [5.74, 6) is -0.828. The maximum absolute atomic E-state index is 14.7. The Morgan fingerprint density at radius 1 is 1.11 bits per heavy atom. The minimum absolute atomic E-state index is 0.0616. The predicted molar refractivity (Wildman–Crippen MR) is 125 cm³/mol. The Labute approximate surface area is 208 Å². The van der Waals surface area contributed by atoms with Crippen molar-refractivity contribution in [2.24, 2.45) is 0 Å². The number of alkyl halides is 3. The highest BCUT2D eigenvalue weighted by Gasteiger charge is 2.53. The number of benzene rings is 2. The van der Waals surface area contributed by atoms with Crippen LogP contribution in [-0.2, 0) is 16.4 Å². The Bertz CT molecular complexity index is 1430. The molecule has 190 valence electrons. The summed E-state index contributed by atoms with van der Waals surface area (Å²) in [5.41, 5.74) is -0.0220. The molecule has 0 saturated heterocycles. The average molecular weight is 512 g/mol. The van der Waals surface area contributed by atoms with Crippen LogP contribution in [0.1, 0.15) is 30.9 Å². The van der Waals surface area contributed by atoms with Crippen molar-refractivity contribution in [3.05, 3.63) is 71.7 Å². The minimum atomic E-state index is -4.68. The number of halogens is 4. The van der Waals surface area contributed by atoms with Gasteiger partial charge in [0.25, 0.3) is 0 Å². The molecule has 2 aromatic carbocycles. The fourth-order valence-corrected chi connectivity index (χ4v) is 4.18. The molecule has 1 saturated carbocycles. The van der Waals surface area contributed by atoms with Crippen molar-refractivity contribution < 1.29 is 27.1 Å². The molecule has 2 N–H and O–H groups in total. The third-order valence-corrected chi connectivity index (χ3v) is 6.20. The van der Waals surface area contributed by atoms with Crippen molar-refractivity contribution in [1.82, 2.24) is 25.6 Å². The number of H-pyrrole nitrogens is 1. The topological polar surface area (TPSA) is 106 Å². The number of rotatable bonds is 7. The van der Waals surface area contributed by atoms with Gasteiger partial charge in [0, 0.05) is 34.6 Å². The van der Waals surface area contributed by atoms with Crippen LogP contribution in [-0.4, -0.2) is 38.1 Å². The number of amides is 1. The van der Waals surface area contributed by atoms with E-state index in [-0.39, 0.29) is 11.4 Å². The van der Waals surface area contributed by atoms with Crippen molar-refractivity contribution in [3.63, 3.8) is 0 Å². The van der Waals surface area contributed by atoms with E-state index < -0.39 is 28.9 Å². The Morgan fingerprint density at radius 2 is 1.92 bits per heavy atom. The zero-order chi connectivity index (χ0) is 26.2. The molecule has 1 aliphatic carbocycles. The zero-order valence-corrected chi connectivity index (χ0v) is 19.4. The summed E-state index contributed by atoms with van der Waals surface area (Å²) in [6.07, 6.45) is -2.41. The highest BCUT2D eigenvalue weighted by molar-refractivity contribution is 6.02. The number of nitrogens with zero attached hydrogens (tertiary/aromatic N) is 4. The highest BCUT2D eigenvalue weighted by atomic mass is 19.4. The third-order valence-electron chi connectivity index (χ3n) is 6.20. The number of hydrogen-bond donors (Lipinski definition) is 2. The van der Waals surface area contributed by atoms with Gasteiger partial charge in [-0.15, -0.1) is 10.2 Å². The van der Waals surface area contributed by atoms with Crippen LogP contribution < -0.4 is 10.1 Å². The minimum Gasteiger partial charge on any atom is -0.478 e. The summed E-state index contributed by atoms with van der Waals surface area (Å²) in [4.78, 5) is 17.5. The standard InChI is InChI=1S/C25H20F4N6O2/c1-2-37-21-8-3-14(13-30-21)17-6-5-16(12-18(17)22-32-34-35-33-22)31-23(36)24(9-10-24)19-7-4-15(11-20(19)26)25(27,28)29/h3-8,11-13H,2,9-10H2,1H3,(H,31,36)(H,32,33,34,35). The Kier molecular flexibility index (Phi) is 6.10. The van der Waals surface area contributed by atoms with Crippen LogP contribution in [0.15, 0.2) is 54.7 Å². The number of aromatic amines is 1. The van der Waals surface area contributed by atoms with Crippen LogP contribution in [0.4, 0.5) is 23.2 Å². The first kappa shape index (κ1) is 24.3. The van der Waals surface area contributed by atoms with Gasteiger partial charge in [0.05, 0.1) is 17.6 Å². The monoisotopic (exact) mass is 512 g/mol. The summed E-state index contributed by atoms with van der Waals surface area (Å²) in [7, 11) is 0. The van der Waals surface area contributed by atoms with Crippen LogP contribution in [0.5, 0.6) is 5.88 Å².